The van der Waals surface area contributed by atoms with Crippen LogP contribution in [0, 0.1) is 0 Å². The van der Waals surface area contributed by atoms with Gasteiger partial charge in [-0.1, -0.05) is 57.0 Å². The standard InChI is InChI=1S/C17H13BrClN3O2/c1-22(17(23)13-7-2-3-8-14(13)19)10-15-20-16(21-24-15)11-5-4-6-12(18)9-11/h2-9H,10H2,1H3. The van der Waals surface area contributed by atoms with E-state index in [1.54, 1.807) is 31.3 Å². The molecule has 0 atom stereocenters. The molecule has 1 amide bonds. The first-order chi connectivity index (χ1) is 11.5. The summed E-state index contributed by atoms with van der Waals surface area (Å²) in [6, 6.07) is 14.5. The van der Waals surface area contributed by atoms with Gasteiger partial charge < -0.3 is 9.42 Å². The van der Waals surface area contributed by atoms with Gasteiger partial charge in [-0.3, -0.25) is 4.79 Å². The molecular weight excluding hydrogens is 394 g/mol. The average Bonchev–Trinajstić information content (AvgIpc) is 3.03. The predicted molar refractivity (Wildman–Crippen MR) is 94.7 cm³/mol. The Bertz CT molecular complexity index is 882. The lowest BCUT2D eigenvalue weighted by molar-refractivity contribution is 0.0770. The summed E-state index contributed by atoms with van der Waals surface area (Å²) in [6.45, 7) is 0.199. The molecule has 3 rings (SSSR count). The number of rotatable bonds is 4. The van der Waals surface area contributed by atoms with E-state index in [0.717, 1.165) is 10.0 Å². The van der Waals surface area contributed by atoms with E-state index in [9.17, 15) is 4.79 Å². The van der Waals surface area contributed by atoms with Gasteiger partial charge in [0, 0.05) is 17.1 Å². The van der Waals surface area contributed by atoms with Crippen molar-refractivity contribution in [3.05, 3.63) is 69.5 Å². The molecule has 1 aromatic heterocycles. The minimum atomic E-state index is -0.206. The number of amides is 1. The van der Waals surface area contributed by atoms with Crippen LogP contribution in [-0.4, -0.2) is 28.0 Å². The average molecular weight is 407 g/mol. The maximum absolute atomic E-state index is 12.4. The van der Waals surface area contributed by atoms with Crippen molar-refractivity contribution < 1.29 is 9.32 Å². The molecule has 0 aliphatic carbocycles. The largest absolute Gasteiger partial charge is 0.337 e. The molecule has 0 fully saturated rings. The maximum Gasteiger partial charge on any atom is 0.255 e. The second-order valence-electron chi connectivity index (χ2n) is 5.16. The van der Waals surface area contributed by atoms with E-state index in [4.69, 9.17) is 16.1 Å². The van der Waals surface area contributed by atoms with Crippen molar-refractivity contribution in [2.45, 2.75) is 6.54 Å². The van der Waals surface area contributed by atoms with Crippen molar-refractivity contribution in [2.24, 2.45) is 0 Å². The van der Waals surface area contributed by atoms with Crippen LogP contribution in [0.5, 0.6) is 0 Å². The van der Waals surface area contributed by atoms with Gasteiger partial charge in [-0.15, -0.1) is 0 Å². The highest BCUT2D eigenvalue weighted by Crippen LogP contribution is 2.21. The minimum absolute atomic E-state index is 0.199. The van der Waals surface area contributed by atoms with Crippen LogP contribution in [0.15, 0.2) is 57.5 Å². The summed E-state index contributed by atoms with van der Waals surface area (Å²) >= 11 is 9.47. The number of carbonyl (C=O) groups is 1. The van der Waals surface area contributed by atoms with Crippen LogP contribution in [0.3, 0.4) is 0 Å². The number of nitrogens with zero attached hydrogens (tertiary/aromatic N) is 3. The first-order valence-corrected chi connectivity index (χ1v) is 8.30. The van der Waals surface area contributed by atoms with Crippen LogP contribution in [0.25, 0.3) is 11.4 Å². The smallest absolute Gasteiger partial charge is 0.255 e. The molecule has 24 heavy (non-hydrogen) atoms. The highest BCUT2D eigenvalue weighted by molar-refractivity contribution is 9.10. The molecule has 0 saturated carbocycles. The van der Waals surface area contributed by atoms with Gasteiger partial charge in [0.25, 0.3) is 5.91 Å². The Balaban J connectivity index is 1.75. The van der Waals surface area contributed by atoms with E-state index in [0.29, 0.717) is 22.3 Å². The van der Waals surface area contributed by atoms with Gasteiger partial charge in [0.1, 0.15) is 0 Å². The van der Waals surface area contributed by atoms with E-state index in [1.807, 2.05) is 24.3 Å². The molecule has 7 heteroatoms. The molecule has 1 heterocycles. The fourth-order valence-corrected chi connectivity index (χ4v) is 2.79. The molecule has 0 N–H and O–H groups in total. The van der Waals surface area contributed by atoms with Crippen molar-refractivity contribution in [3.63, 3.8) is 0 Å². The second kappa shape index (κ2) is 7.15. The summed E-state index contributed by atoms with van der Waals surface area (Å²) in [7, 11) is 1.66. The first-order valence-electron chi connectivity index (χ1n) is 7.13. The fraction of sp³-hybridized carbons (Fsp3) is 0.118. The Kier molecular flexibility index (Phi) is 4.97. The Morgan fingerprint density at radius 3 is 2.79 bits per heavy atom. The molecule has 0 spiro atoms. The lowest BCUT2D eigenvalue weighted by atomic mass is 10.2. The summed E-state index contributed by atoms with van der Waals surface area (Å²) in [4.78, 5) is 18.3. The fourth-order valence-electron chi connectivity index (χ4n) is 2.18. The van der Waals surface area contributed by atoms with E-state index < -0.39 is 0 Å². The normalized spacial score (nSPS) is 10.6. The van der Waals surface area contributed by atoms with E-state index in [1.165, 1.54) is 4.90 Å². The topological polar surface area (TPSA) is 59.2 Å². The van der Waals surface area contributed by atoms with Gasteiger partial charge >= 0.3 is 0 Å². The molecule has 0 unspecified atom stereocenters. The van der Waals surface area contributed by atoms with Gasteiger partial charge in [-0.2, -0.15) is 4.98 Å². The molecular formula is C17H13BrClN3O2. The van der Waals surface area contributed by atoms with Crippen LogP contribution in [0.4, 0.5) is 0 Å². The SMILES string of the molecule is CN(Cc1nc(-c2cccc(Br)c2)no1)C(=O)c1ccccc1Cl. The van der Waals surface area contributed by atoms with Gasteiger partial charge in [0.2, 0.25) is 11.7 Å². The van der Waals surface area contributed by atoms with Gasteiger partial charge in [-0.25, -0.2) is 0 Å². The maximum atomic E-state index is 12.4. The summed E-state index contributed by atoms with van der Waals surface area (Å²) in [5, 5.41) is 4.37. The Hall–Kier alpha value is -2.18. The zero-order valence-corrected chi connectivity index (χ0v) is 15.1. The number of hydrogen-bond donors (Lipinski definition) is 0. The number of halogens is 2. The summed E-state index contributed by atoms with van der Waals surface area (Å²) in [6.07, 6.45) is 0. The van der Waals surface area contributed by atoms with Gasteiger partial charge in [0.15, 0.2) is 0 Å². The van der Waals surface area contributed by atoms with Crippen LogP contribution < -0.4 is 0 Å². The van der Waals surface area contributed by atoms with Crippen molar-refractivity contribution in [1.82, 2.24) is 15.0 Å². The van der Waals surface area contributed by atoms with Crippen molar-refractivity contribution in [3.8, 4) is 11.4 Å². The Morgan fingerprint density at radius 2 is 2.04 bits per heavy atom. The Morgan fingerprint density at radius 1 is 1.25 bits per heavy atom. The minimum Gasteiger partial charge on any atom is -0.337 e. The predicted octanol–water partition coefficient (Wildman–Crippen LogP) is 4.42. The highest BCUT2D eigenvalue weighted by Gasteiger charge is 2.18. The molecule has 0 bridgehead atoms. The lowest BCUT2D eigenvalue weighted by Gasteiger charge is -2.15. The first kappa shape index (κ1) is 16.7. The van der Waals surface area contributed by atoms with E-state index >= 15 is 0 Å². The monoisotopic (exact) mass is 405 g/mol. The summed E-state index contributed by atoms with van der Waals surface area (Å²) in [5.41, 5.74) is 1.27. The molecule has 5 nitrogen and oxygen atoms in total. The van der Waals surface area contributed by atoms with Crippen LogP contribution >= 0.6 is 27.5 Å². The molecule has 0 radical (unpaired) electrons. The van der Waals surface area contributed by atoms with Gasteiger partial charge in [0.05, 0.1) is 17.1 Å². The summed E-state index contributed by atoms with van der Waals surface area (Å²) in [5.74, 6) is 0.626. The number of hydrogen-bond acceptors (Lipinski definition) is 4. The molecule has 122 valence electrons. The third-order valence-corrected chi connectivity index (χ3v) is 4.20. The molecule has 0 saturated heterocycles. The third kappa shape index (κ3) is 3.66. The van der Waals surface area contributed by atoms with Crippen molar-refractivity contribution in [1.29, 1.82) is 0 Å². The van der Waals surface area contributed by atoms with E-state index in [2.05, 4.69) is 26.1 Å². The number of aromatic nitrogens is 2. The lowest BCUT2D eigenvalue weighted by Crippen LogP contribution is -2.26. The van der Waals surface area contributed by atoms with Crippen molar-refractivity contribution >= 4 is 33.4 Å². The van der Waals surface area contributed by atoms with E-state index in [-0.39, 0.29) is 12.5 Å². The molecule has 3 aromatic rings. The van der Waals surface area contributed by atoms with Crippen LogP contribution in [0.2, 0.25) is 5.02 Å². The molecule has 0 aliphatic rings. The quantitative estimate of drug-likeness (QED) is 0.643. The van der Waals surface area contributed by atoms with Crippen molar-refractivity contribution in [2.75, 3.05) is 7.05 Å². The zero-order chi connectivity index (χ0) is 17.1. The number of carbonyl (C=O) groups excluding carboxylic acids is 1. The Labute approximate surface area is 152 Å². The third-order valence-electron chi connectivity index (χ3n) is 3.37. The van der Waals surface area contributed by atoms with Crippen LogP contribution in [-0.2, 0) is 6.54 Å². The molecule has 0 aliphatic heterocycles. The number of benzene rings is 2. The summed E-state index contributed by atoms with van der Waals surface area (Å²) < 4.78 is 6.17. The van der Waals surface area contributed by atoms with Crippen LogP contribution in [0.1, 0.15) is 16.2 Å². The second-order valence-corrected chi connectivity index (χ2v) is 6.49. The molecule has 2 aromatic carbocycles. The zero-order valence-electron chi connectivity index (χ0n) is 12.7. The highest BCUT2D eigenvalue weighted by atomic mass is 79.9. The van der Waals surface area contributed by atoms with Gasteiger partial charge in [-0.05, 0) is 24.3 Å².